The Morgan fingerprint density at radius 1 is 0.897 bits per heavy atom. The highest BCUT2D eigenvalue weighted by atomic mass is 16.5. The minimum absolute atomic E-state index is 0.0189. The van der Waals surface area contributed by atoms with Crippen LogP contribution in [0, 0.1) is 5.92 Å². The Kier molecular flexibility index (Phi) is 6.50. The molecule has 2 atom stereocenters. The van der Waals surface area contributed by atoms with E-state index in [1.54, 1.807) is 43.4 Å². The number of hydrogen-bond acceptors (Lipinski definition) is 5. The summed E-state index contributed by atoms with van der Waals surface area (Å²) < 4.78 is 12.7. The van der Waals surface area contributed by atoms with Gasteiger partial charge in [0.05, 0.1) is 25.5 Å². The number of para-hydroxylation sites is 1. The van der Waals surface area contributed by atoms with Crippen LogP contribution in [0.2, 0.25) is 0 Å². The lowest BCUT2D eigenvalue weighted by Crippen LogP contribution is -2.50. The van der Waals surface area contributed by atoms with Crippen molar-refractivity contribution in [3.05, 3.63) is 87.3 Å². The van der Waals surface area contributed by atoms with E-state index in [1.165, 1.54) is 0 Å². The summed E-state index contributed by atoms with van der Waals surface area (Å²) >= 11 is 0. The van der Waals surface area contributed by atoms with Gasteiger partial charge in [0.15, 0.2) is 11.5 Å². The number of methoxy groups -OCH3 is 2. The topological polar surface area (TPSA) is 93.1 Å². The molecule has 9 heteroatoms. The molecule has 0 saturated carbocycles. The summed E-state index contributed by atoms with van der Waals surface area (Å²) in [5.41, 5.74) is 4.13. The molecule has 9 nitrogen and oxygen atoms in total. The molecule has 3 aliphatic rings. The number of amides is 3. The lowest BCUT2D eigenvalue weighted by molar-refractivity contribution is 0.0735. The molecule has 0 aliphatic carbocycles. The number of nitrogens with zero attached hydrogens (tertiary/aromatic N) is 3. The number of piperidine rings is 1. The molecule has 1 saturated heterocycles. The molecule has 4 heterocycles. The van der Waals surface area contributed by atoms with Gasteiger partial charge in [-0.05, 0) is 60.2 Å². The summed E-state index contributed by atoms with van der Waals surface area (Å²) in [5.74, 6) is 1.54. The molecule has 3 aromatic rings. The van der Waals surface area contributed by atoms with E-state index in [-0.39, 0.29) is 29.3 Å². The zero-order chi connectivity index (χ0) is 27.1. The summed E-state index contributed by atoms with van der Waals surface area (Å²) in [6.07, 6.45) is 1.67. The molecule has 3 amide bonds. The Balaban J connectivity index is 1.18. The maximum atomic E-state index is 13.7. The minimum Gasteiger partial charge on any atom is -0.493 e. The molecular formula is C30H32N4O5. The number of fused-ring (bicyclic) bond motifs is 5. The van der Waals surface area contributed by atoms with E-state index in [0.29, 0.717) is 61.9 Å². The van der Waals surface area contributed by atoms with Gasteiger partial charge in [0.25, 0.3) is 11.5 Å². The Morgan fingerprint density at radius 3 is 2.46 bits per heavy atom. The van der Waals surface area contributed by atoms with Crippen molar-refractivity contribution in [3.8, 4) is 11.5 Å². The SMILES string of the molecule is COc1cc2c(cc1OC)CN(C(=O)c1ccccc1NC(=O)N1CC3CC(C1)c1cccc(=O)n1C3)CC2. The third kappa shape index (κ3) is 4.62. The lowest BCUT2D eigenvalue weighted by atomic mass is 9.83. The van der Waals surface area contributed by atoms with Crippen molar-refractivity contribution in [1.29, 1.82) is 0 Å². The molecule has 2 bridgehead atoms. The first-order chi connectivity index (χ1) is 18.9. The van der Waals surface area contributed by atoms with Gasteiger partial charge in [-0.25, -0.2) is 4.79 Å². The van der Waals surface area contributed by atoms with Crippen LogP contribution in [0.15, 0.2) is 59.4 Å². The van der Waals surface area contributed by atoms with Gasteiger partial charge in [-0.2, -0.15) is 0 Å². The molecule has 1 aromatic heterocycles. The highest BCUT2D eigenvalue weighted by molar-refractivity contribution is 6.03. The van der Waals surface area contributed by atoms with Gasteiger partial charge in [0, 0.05) is 50.4 Å². The van der Waals surface area contributed by atoms with Gasteiger partial charge < -0.3 is 29.2 Å². The van der Waals surface area contributed by atoms with Gasteiger partial charge in [-0.3, -0.25) is 9.59 Å². The van der Waals surface area contributed by atoms with E-state index in [2.05, 4.69) is 5.32 Å². The van der Waals surface area contributed by atoms with Crippen molar-refractivity contribution in [2.75, 3.05) is 39.2 Å². The molecule has 2 aromatic carbocycles. The fourth-order valence-electron chi connectivity index (χ4n) is 6.26. The number of urea groups is 1. The van der Waals surface area contributed by atoms with Crippen LogP contribution in [-0.2, 0) is 19.5 Å². The standard InChI is InChI=1S/C30H32N4O5/c1-38-26-13-20-10-11-32(17-21(20)14-27(26)39-2)29(36)23-6-3-4-7-24(23)31-30(37)33-15-19-12-22(18-33)25-8-5-9-28(35)34(25)16-19/h3-9,13-14,19,22H,10-12,15-18H2,1-2H3,(H,31,37). The van der Waals surface area contributed by atoms with Crippen molar-refractivity contribution < 1.29 is 19.1 Å². The summed E-state index contributed by atoms with van der Waals surface area (Å²) in [5, 5.41) is 3.01. The number of carbonyl (C=O) groups excluding carboxylic acids is 2. The van der Waals surface area contributed by atoms with E-state index in [0.717, 1.165) is 23.2 Å². The van der Waals surface area contributed by atoms with Crippen LogP contribution in [0.5, 0.6) is 11.5 Å². The number of hydrogen-bond donors (Lipinski definition) is 1. The van der Waals surface area contributed by atoms with Crippen molar-refractivity contribution >= 4 is 17.6 Å². The number of aromatic nitrogens is 1. The van der Waals surface area contributed by atoms with Crippen LogP contribution in [0.1, 0.15) is 39.5 Å². The van der Waals surface area contributed by atoms with Crippen LogP contribution >= 0.6 is 0 Å². The summed E-state index contributed by atoms with van der Waals surface area (Å²) in [6.45, 7) is 2.75. The second-order valence-corrected chi connectivity index (χ2v) is 10.5. The number of anilines is 1. The smallest absolute Gasteiger partial charge is 0.321 e. The number of nitrogens with one attached hydrogen (secondary N) is 1. The third-order valence-corrected chi connectivity index (χ3v) is 8.17. The number of benzene rings is 2. The van der Waals surface area contributed by atoms with Gasteiger partial charge in [-0.1, -0.05) is 18.2 Å². The monoisotopic (exact) mass is 528 g/mol. The maximum absolute atomic E-state index is 13.7. The van der Waals surface area contributed by atoms with Crippen molar-refractivity contribution in [2.24, 2.45) is 5.92 Å². The highest BCUT2D eigenvalue weighted by Gasteiger charge is 2.36. The van der Waals surface area contributed by atoms with E-state index in [4.69, 9.17) is 9.47 Å². The van der Waals surface area contributed by atoms with Crippen molar-refractivity contribution in [1.82, 2.24) is 14.4 Å². The summed E-state index contributed by atoms with van der Waals surface area (Å²) in [4.78, 5) is 43.0. The largest absolute Gasteiger partial charge is 0.493 e. The number of ether oxygens (including phenoxy) is 2. The molecule has 3 aliphatic heterocycles. The first kappa shape index (κ1) is 25.0. The first-order valence-corrected chi connectivity index (χ1v) is 13.3. The molecule has 2 unspecified atom stereocenters. The zero-order valence-corrected chi connectivity index (χ0v) is 22.2. The van der Waals surface area contributed by atoms with Crippen LogP contribution in [0.4, 0.5) is 10.5 Å². The second-order valence-electron chi connectivity index (χ2n) is 10.5. The zero-order valence-electron chi connectivity index (χ0n) is 22.2. The van der Waals surface area contributed by atoms with E-state index < -0.39 is 0 Å². The normalized spacial score (nSPS) is 19.5. The van der Waals surface area contributed by atoms with Gasteiger partial charge in [0.1, 0.15) is 0 Å². The third-order valence-electron chi connectivity index (χ3n) is 8.17. The predicted octanol–water partition coefficient (Wildman–Crippen LogP) is 3.72. The number of carbonyl (C=O) groups is 2. The minimum atomic E-state index is -0.225. The maximum Gasteiger partial charge on any atom is 0.321 e. The van der Waals surface area contributed by atoms with Gasteiger partial charge in [0.2, 0.25) is 0 Å². The van der Waals surface area contributed by atoms with Crippen LogP contribution in [0.25, 0.3) is 0 Å². The predicted molar refractivity (Wildman–Crippen MR) is 147 cm³/mol. The quantitative estimate of drug-likeness (QED) is 0.557. The van der Waals surface area contributed by atoms with Crippen LogP contribution < -0.4 is 20.3 Å². The summed E-state index contributed by atoms with van der Waals surface area (Å²) in [7, 11) is 3.22. The Bertz CT molecular complexity index is 1500. The van der Waals surface area contributed by atoms with E-state index >= 15 is 0 Å². The van der Waals surface area contributed by atoms with E-state index in [1.807, 2.05) is 39.8 Å². The average Bonchev–Trinajstić information content (AvgIpc) is 2.96. The Hall–Kier alpha value is -4.27. The fraction of sp³-hybridized carbons (Fsp3) is 0.367. The Labute approximate surface area is 226 Å². The van der Waals surface area contributed by atoms with Crippen LogP contribution in [0.3, 0.4) is 0 Å². The molecular weight excluding hydrogens is 496 g/mol. The molecule has 6 rings (SSSR count). The molecule has 0 radical (unpaired) electrons. The summed E-state index contributed by atoms with van der Waals surface area (Å²) in [6, 6.07) is 16.2. The lowest BCUT2D eigenvalue weighted by Gasteiger charge is -2.42. The highest BCUT2D eigenvalue weighted by Crippen LogP contribution is 2.36. The number of pyridine rings is 1. The van der Waals surface area contributed by atoms with Crippen molar-refractivity contribution in [3.63, 3.8) is 0 Å². The fourth-order valence-corrected chi connectivity index (χ4v) is 6.26. The van der Waals surface area contributed by atoms with Crippen molar-refractivity contribution in [2.45, 2.75) is 31.8 Å². The molecule has 1 fully saturated rings. The molecule has 1 N–H and O–H groups in total. The second kappa shape index (κ2) is 10.1. The van der Waals surface area contributed by atoms with E-state index in [9.17, 15) is 14.4 Å². The average molecular weight is 529 g/mol. The van der Waals surface area contributed by atoms with Crippen LogP contribution in [-0.4, -0.2) is 60.2 Å². The molecule has 39 heavy (non-hydrogen) atoms. The van der Waals surface area contributed by atoms with Gasteiger partial charge in [-0.15, -0.1) is 0 Å². The molecule has 0 spiro atoms. The number of rotatable bonds is 4. The van der Waals surface area contributed by atoms with Gasteiger partial charge >= 0.3 is 6.03 Å². The first-order valence-electron chi connectivity index (χ1n) is 13.3. The molecule has 202 valence electrons. The Morgan fingerprint density at radius 2 is 1.67 bits per heavy atom. The number of likely N-dealkylation sites (tertiary alicyclic amines) is 1.